The maximum absolute atomic E-state index is 13.8. The minimum absolute atomic E-state index is 0.0205. The molecule has 0 aliphatic carbocycles. The lowest BCUT2D eigenvalue weighted by molar-refractivity contribution is -0.137. The van der Waals surface area contributed by atoms with Crippen LogP contribution in [-0.2, 0) is 12.7 Å². The lowest BCUT2D eigenvalue weighted by Gasteiger charge is -2.11. The summed E-state index contributed by atoms with van der Waals surface area (Å²) in [5.41, 5.74) is -0.369. The van der Waals surface area contributed by atoms with Crippen LogP contribution in [0.2, 0.25) is 0 Å². The monoisotopic (exact) mass is 361 g/mol. The number of halogens is 4. The highest BCUT2D eigenvalue weighted by Gasteiger charge is 2.34. The van der Waals surface area contributed by atoms with Crippen LogP contribution in [0.15, 0.2) is 48.8 Å². The first kappa shape index (κ1) is 17.4. The zero-order chi connectivity index (χ0) is 18.7. The van der Waals surface area contributed by atoms with Gasteiger partial charge in [-0.2, -0.15) is 18.4 Å². The average molecular weight is 361 g/mol. The van der Waals surface area contributed by atoms with Crippen molar-refractivity contribution in [2.45, 2.75) is 12.7 Å². The summed E-state index contributed by atoms with van der Waals surface area (Å²) < 4.78 is 53.9. The van der Waals surface area contributed by atoms with E-state index in [-0.39, 0.29) is 23.7 Å². The molecule has 132 valence electrons. The van der Waals surface area contributed by atoms with Gasteiger partial charge in [0, 0.05) is 30.6 Å². The molecule has 1 aromatic carbocycles. The van der Waals surface area contributed by atoms with Crippen LogP contribution in [-0.4, -0.2) is 14.8 Å². The summed E-state index contributed by atoms with van der Waals surface area (Å²) in [4.78, 5) is 3.74. The number of rotatable bonds is 4. The first-order valence-electron chi connectivity index (χ1n) is 7.39. The molecule has 0 fully saturated rings. The molecule has 0 saturated carbocycles. The number of anilines is 1. The molecule has 0 unspecified atom stereocenters. The number of alkyl halides is 3. The molecule has 0 amide bonds. The van der Waals surface area contributed by atoms with Gasteiger partial charge in [-0.15, -0.1) is 5.10 Å². The van der Waals surface area contributed by atoms with E-state index < -0.39 is 17.6 Å². The maximum Gasteiger partial charge on any atom is 0.420 e. The van der Waals surface area contributed by atoms with Gasteiger partial charge in [-0.1, -0.05) is 0 Å². The van der Waals surface area contributed by atoms with Crippen LogP contribution in [0, 0.1) is 17.1 Å². The van der Waals surface area contributed by atoms with Crippen molar-refractivity contribution in [2.24, 2.45) is 0 Å². The Labute approximate surface area is 145 Å². The Morgan fingerprint density at radius 2 is 2.00 bits per heavy atom. The predicted molar refractivity (Wildman–Crippen MR) is 84.8 cm³/mol. The molecule has 0 atom stereocenters. The quantitative estimate of drug-likeness (QED) is 0.716. The molecule has 0 aliphatic heterocycles. The fraction of sp³-hybridized carbons (Fsp3) is 0.118. The Balaban J connectivity index is 1.81. The van der Waals surface area contributed by atoms with Gasteiger partial charge in [0.1, 0.15) is 17.2 Å². The number of nitrogens with zero attached hydrogens (tertiary/aromatic N) is 4. The zero-order valence-electron chi connectivity index (χ0n) is 13.1. The third-order valence-electron chi connectivity index (χ3n) is 3.53. The highest BCUT2D eigenvalue weighted by atomic mass is 19.4. The minimum atomic E-state index is -4.57. The first-order chi connectivity index (χ1) is 12.4. The number of nitrogens with one attached hydrogen (secondary N) is 1. The van der Waals surface area contributed by atoms with Crippen molar-refractivity contribution in [3.05, 3.63) is 71.3 Å². The molecular weight excluding hydrogens is 350 g/mol. The third-order valence-corrected chi connectivity index (χ3v) is 3.53. The molecule has 5 nitrogen and oxygen atoms in total. The van der Waals surface area contributed by atoms with Crippen LogP contribution in [0.25, 0.3) is 5.82 Å². The van der Waals surface area contributed by atoms with Gasteiger partial charge < -0.3 is 5.32 Å². The maximum atomic E-state index is 13.8. The van der Waals surface area contributed by atoms with E-state index in [4.69, 9.17) is 5.26 Å². The van der Waals surface area contributed by atoms with E-state index in [1.54, 1.807) is 0 Å². The summed E-state index contributed by atoms with van der Waals surface area (Å²) in [5.74, 6) is -0.615. The number of benzene rings is 1. The van der Waals surface area contributed by atoms with Gasteiger partial charge in [0.15, 0.2) is 5.82 Å². The van der Waals surface area contributed by atoms with Gasteiger partial charge in [-0.05, 0) is 30.3 Å². The highest BCUT2D eigenvalue weighted by molar-refractivity contribution is 5.41. The fourth-order valence-electron chi connectivity index (χ4n) is 2.30. The van der Waals surface area contributed by atoms with Gasteiger partial charge in [-0.3, -0.25) is 0 Å². The molecule has 0 spiro atoms. The van der Waals surface area contributed by atoms with E-state index in [0.717, 1.165) is 10.7 Å². The number of aromatic nitrogens is 3. The van der Waals surface area contributed by atoms with Crippen LogP contribution >= 0.6 is 0 Å². The van der Waals surface area contributed by atoms with Crippen LogP contribution < -0.4 is 5.32 Å². The van der Waals surface area contributed by atoms with Crippen molar-refractivity contribution in [1.29, 1.82) is 5.26 Å². The van der Waals surface area contributed by atoms with Gasteiger partial charge in [-0.25, -0.2) is 14.1 Å². The number of nitriles is 1. The van der Waals surface area contributed by atoms with Crippen molar-refractivity contribution in [3.8, 4) is 11.9 Å². The van der Waals surface area contributed by atoms with E-state index in [2.05, 4.69) is 15.4 Å². The van der Waals surface area contributed by atoms with E-state index in [1.807, 2.05) is 6.07 Å². The summed E-state index contributed by atoms with van der Waals surface area (Å²) in [7, 11) is 0. The minimum Gasteiger partial charge on any atom is -0.364 e. The molecule has 2 heterocycles. The van der Waals surface area contributed by atoms with Crippen LogP contribution in [0.3, 0.4) is 0 Å². The van der Waals surface area contributed by atoms with E-state index in [1.165, 1.54) is 42.7 Å². The second-order valence-electron chi connectivity index (χ2n) is 5.29. The summed E-state index contributed by atoms with van der Waals surface area (Å²) in [6.45, 7) is 0.0205. The average Bonchev–Trinajstić information content (AvgIpc) is 3.09. The molecule has 3 aromatic rings. The normalized spacial score (nSPS) is 11.2. The summed E-state index contributed by atoms with van der Waals surface area (Å²) >= 11 is 0. The molecule has 26 heavy (non-hydrogen) atoms. The Morgan fingerprint density at radius 1 is 1.19 bits per heavy atom. The van der Waals surface area contributed by atoms with Crippen molar-refractivity contribution in [3.63, 3.8) is 0 Å². The SMILES string of the molecule is N#Cc1ccc(F)c(CNc2ccn(-c3ncccc3C(F)(F)F)n2)c1. The van der Waals surface area contributed by atoms with Crippen molar-refractivity contribution < 1.29 is 17.6 Å². The van der Waals surface area contributed by atoms with Crippen LogP contribution in [0.5, 0.6) is 0 Å². The molecule has 2 aromatic heterocycles. The number of hydrogen-bond acceptors (Lipinski definition) is 4. The second-order valence-corrected chi connectivity index (χ2v) is 5.29. The molecule has 0 bridgehead atoms. The summed E-state index contributed by atoms with van der Waals surface area (Å²) in [5, 5.41) is 15.7. The zero-order valence-corrected chi connectivity index (χ0v) is 13.1. The Bertz CT molecular complexity index is 972. The Morgan fingerprint density at radius 3 is 2.73 bits per heavy atom. The molecule has 0 aliphatic rings. The van der Waals surface area contributed by atoms with Crippen molar-refractivity contribution in [2.75, 3.05) is 5.32 Å². The van der Waals surface area contributed by atoms with E-state index >= 15 is 0 Å². The van der Waals surface area contributed by atoms with E-state index in [9.17, 15) is 17.6 Å². The van der Waals surface area contributed by atoms with E-state index in [0.29, 0.717) is 5.56 Å². The van der Waals surface area contributed by atoms with Crippen LogP contribution in [0.1, 0.15) is 16.7 Å². The van der Waals surface area contributed by atoms with Gasteiger partial charge >= 0.3 is 6.18 Å². The Kier molecular flexibility index (Phi) is 4.58. The van der Waals surface area contributed by atoms with Gasteiger partial charge in [0.05, 0.1) is 11.6 Å². The molecule has 1 N–H and O–H groups in total. The lowest BCUT2D eigenvalue weighted by atomic mass is 10.1. The van der Waals surface area contributed by atoms with Crippen molar-refractivity contribution >= 4 is 5.82 Å². The summed E-state index contributed by atoms with van der Waals surface area (Å²) in [6.07, 6.45) is -2.01. The largest absolute Gasteiger partial charge is 0.420 e. The third kappa shape index (κ3) is 3.64. The lowest BCUT2D eigenvalue weighted by Crippen LogP contribution is -2.13. The standard InChI is InChI=1S/C17H11F4N5/c18-14-4-3-11(9-22)8-12(14)10-24-15-5-7-26(25-15)16-13(17(19,20)21)2-1-6-23-16/h1-8H,10H2,(H,24,25). The predicted octanol–water partition coefficient (Wildman–Crippen LogP) is 3.91. The second kappa shape index (κ2) is 6.84. The summed E-state index contributed by atoms with van der Waals surface area (Å²) in [6, 6.07) is 9.39. The molecular formula is C17H11F4N5. The van der Waals surface area contributed by atoms with Crippen LogP contribution in [0.4, 0.5) is 23.4 Å². The number of pyridine rings is 1. The number of hydrogen-bond donors (Lipinski definition) is 1. The molecule has 9 heteroatoms. The highest BCUT2D eigenvalue weighted by Crippen LogP contribution is 2.32. The van der Waals surface area contributed by atoms with Crippen molar-refractivity contribution in [1.82, 2.24) is 14.8 Å². The van der Waals surface area contributed by atoms with Gasteiger partial charge in [0.2, 0.25) is 0 Å². The topological polar surface area (TPSA) is 66.5 Å². The molecule has 0 saturated heterocycles. The molecule has 0 radical (unpaired) electrons. The Hall–Kier alpha value is -3.41. The first-order valence-corrected chi connectivity index (χ1v) is 7.39. The fourth-order valence-corrected chi connectivity index (χ4v) is 2.30. The molecule has 3 rings (SSSR count). The smallest absolute Gasteiger partial charge is 0.364 e. The van der Waals surface area contributed by atoms with Gasteiger partial charge in [0.25, 0.3) is 0 Å².